The van der Waals surface area contributed by atoms with Gasteiger partial charge in [-0.3, -0.25) is 9.69 Å². The van der Waals surface area contributed by atoms with Crippen molar-refractivity contribution in [2.75, 3.05) is 49.6 Å². The molecule has 10 nitrogen and oxygen atoms in total. The van der Waals surface area contributed by atoms with Crippen LogP contribution >= 0.6 is 0 Å². The lowest BCUT2D eigenvalue weighted by molar-refractivity contribution is -0.123. The molecule has 0 spiro atoms. The Balaban J connectivity index is 1.38. The fourth-order valence-corrected chi connectivity index (χ4v) is 5.59. The van der Waals surface area contributed by atoms with Gasteiger partial charge in [0.25, 0.3) is 0 Å². The Morgan fingerprint density at radius 1 is 1.11 bits per heavy atom. The maximum atomic E-state index is 12.7. The number of carbonyl (C=O) groups excluding carboxylic acids is 2. The van der Waals surface area contributed by atoms with E-state index in [9.17, 15) is 9.59 Å². The third kappa shape index (κ3) is 6.24. The van der Waals surface area contributed by atoms with Crippen LogP contribution in [-0.2, 0) is 22.5 Å². The Morgan fingerprint density at radius 3 is 2.63 bits per heavy atom. The Labute approximate surface area is 224 Å². The number of morpholine rings is 1. The molecule has 1 saturated carbocycles. The predicted molar refractivity (Wildman–Crippen MR) is 147 cm³/mol. The largest absolute Gasteiger partial charge is 0.377 e. The molecule has 1 aromatic carbocycles. The standard InChI is InChI=1S/C28H39N7O3/c1-3-29-28(37)31-22-10-8-20(9-11-22)26-32-24-16-34(17-25(36)30-21-6-4-5-7-21)13-12-23(24)27(33-26)35-14-15-38-18-19(35)2/h8-11,19,21H,3-7,12-18H2,1-2H3,(H,30,36)(H2,29,31,37). The average Bonchev–Trinajstić information content (AvgIpc) is 3.42. The second kappa shape index (κ2) is 12.1. The zero-order valence-corrected chi connectivity index (χ0v) is 22.5. The van der Waals surface area contributed by atoms with Crippen molar-refractivity contribution in [3.05, 3.63) is 35.5 Å². The summed E-state index contributed by atoms with van der Waals surface area (Å²) < 4.78 is 5.69. The van der Waals surface area contributed by atoms with Gasteiger partial charge in [-0.25, -0.2) is 14.8 Å². The topological polar surface area (TPSA) is 112 Å². The van der Waals surface area contributed by atoms with E-state index in [0.29, 0.717) is 50.4 Å². The van der Waals surface area contributed by atoms with Gasteiger partial charge in [0.05, 0.1) is 31.5 Å². The maximum Gasteiger partial charge on any atom is 0.319 e. The molecule has 38 heavy (non-hydrogen) atoms. The Hall–Kier alpha value is -3.24. The number of fused-ring (bicyclic) bond motifs is 1. The van der Waals surface area contributed by atoms with Crippen molar-refractivity contribution < 1.29 is 14.3 Å². The molecule has 10 heteroatoms. The molecule has 204 valence electrons. The SMILES string of the molecule is CCNC(=O)Nc1ccc(-c2nc3c(c(N4CCOCC4C)n2)CCN(CC(=O)NC2CCCC2)C3)cc1. The molecule has 1 unspecified atom stereocenters. The van der Waals surface area contributed by atoms with Crippen LogP contribution < -0.4 is 20.9 Å². The number of aromatic nitrogens is 2. The quantitative estimate of drug-likeness (QED) is 0.514. The second-order valence-corrected chi connectivity index (χ2v) is 10.5. The van der Waals surface area contributed by atoms with Crippen LogP contribution in [0.3, 0.4) is 0 Å². The number of benzene rings is 1. The van der Waals surface area contributed by atoms with Gasteiger partial charge in [0.1, 0.15) is 5.82 Å². The molecular weight excluding hydrogens is 482 g/mol. The third-order valence-electron chi connectivity index (χ3n) is 7.59. The highest BCUT2D eigenvalue weighted by atomic mass is 16.5. The maximum absolute atomic E-state index is 12.7. The van der Waals surface area contributed by atoms with Gasteiger partial charge >= 0.3 is 6.03 Å². The van der Waals surface area contributed by atoms with Crippen molar-refractivity contribution in [2.24, 2.45) is 0 Å². The summed E-state index contributed by atoms with van der Waals surface area (Å²) in [7, 11) is 0. The zero-order valence-electron chi connectivity index (χ0n) is 22.5. The smallest absolute Gasteiger partial charge is 0.319 e. The minimum atomic E-state index is -0.231. The molecule has 2 fully saturated rings. The van der Waals surface area contributed by atoms with Crippen LogP contribution in [0.2, 0.25) is 0 Å². The van der Waals surface area contributed by atoms with Crippen LogP contribution in [0.25, 0.3) is 11.4 Å². The highest BCUT2D eigenvalue weighted by Gasteiger charge is 2.30. The van der Waals surface area contributed by atoms with Crippen molar-refractivity contribution in [3.8, 4) is 11.4 Å². The number of anilines is 2. The first-order valence-corrected chi connectivity index (χ1v) is 13.9. The highest BCUT2D eigenvalue weighted by Crippen LogP contribution is 2.31. The number of nitrogens with zero attached hydrogens (tertiary/aromatic N) is 4. The summed E-state index contributed by atoms with van der Waals surface area (Å²) in [5.74, 6) is 1.73. The van der Waals surface area contributed by atoms with Crippen LogP contribution in [0.15, 0.2) is 24.3 Å². The molecule has 2 aliphatic heterocycles. The number of ether oxygens (including phenoxy) is 1. The summed E-state index contributed by atoms with van der Waals surface area (Å²) in [6.45, 7) is 8.55. The van der Waals surface area contributed by atoms with E-state index >= 15 is 0 Å². The van der Waals surface area contributed by atoms with Gasteiger partial charge < -0.3 is 25.6 Å². The predicted octanol–water partition coefficient (Wildman–Crippen LogP) is 2.93. The van der Waals surface area contributed by atoms with Crippen molar-refractivity contribution in [3.63, 3.8) is 0 Å². The first kappa shape index (κ1) is 26.4. The molecule has 1 aromatic heterocycles. The van der Waals surface area contributed by atoms with Gasteiger partial charge in [-0.1, -0.05) is 12.8 Å². The molecule has 3 N–H and O–H groups in total. The third-order valence-corrected chi connectivity index (χ3v) is 7.59. The van der Waals surface area contributed by atoms with Crippen molar-refractivity contribution in [1.29, 1.82) is 0 Å². The molecule has 3 aliphatic rings. The minimum Gasteiger partial charge on any atom is -0.377 e. The molecule has 3 amide bonds. The summed E-state index contributed by atoms with van der Waals surface area (Å²) in [5.41, 5.74) is 3.74. The van der Waals surface area contributed by atoms with Crippen LogP contribution in [0.4, 0.5) is 16.3 Å². The van der Waals surface area contributed by atoms with Gasteiger partial charge in [0.15, 0.2) is 5.82 Å². The monoisotopic (exact) mass is 521 g/mol. The van der Waals surface area contributed by atoms with E-state index in [2.05, 4.69) is 32.7 Å². The van der Waals surface area contributed by atoms with E-state index in [1.54, 1.807) is 0 Å². The van der Waals surface area contributed by atoms with Crippen LogP contribution in [-0.4, -0.2) is 78.3 Å². The number of urea groups is 1. The fourth-order valence-electron chi connectivity index (χ4n) is 5.59. The summed E-state index contributed by atoms with van der Waals surface area (Å²) >= 11 is 0. The number of hydrogen-bond acceptors (Lipinski definition) is 7. The van der Waals surface area contributed by atoms with E-state index in [-0.39, 0.29) is 18.0 Å². The van der Waals surface area contributed by atoms with Gasteiger partial charge in [0, 0.05) is 49.0 Å². The summed E-state index contributed by atoms with van der Waals surface area (Å²) in [6, 6.07) is 7.92. The summed E-state index contributed by atoms with van der Waals surface area (Å²) in [4.78, 5) is 39.2. The normalized spacial score (nSPS) is 20.2. The van der Waals surface area contributed by atoms with Gasteiger partial charge in [-0.2, -0.15) is 0 Å². The fraction of sp³-hybridized carbons (Fsp3) is 0.571. The van der Waals surface area contributed by atoms with Crippen LogP contribution in [0.5, 0.6) is 0 Å². The molecule has 1 atom stereocenters. The Kier molecular flexibility index (Phi) is 8.38. The van der Waals surface area contributed by atoms with E-state index < -0.39 is 0 Å². The van der Waals surface area contributed by atoms with Crippen molar-refractivity contribution in [1.82, 2.24) is 25.5 Å². The second-order valence-electron chi connectivity index (χ2n) is 10.5. The van der Waals surface area contributed by atoms with E-state index in [1.807, 2.05) is 31.2 Å². The number of rotatable bonds is 7. The Bertz CT molecular complexity index is 1130. The number of carbonyl (C=O) groups is 2. The number of nitrogens with one attached hydrogen (secondary N) is 3. The first-order chi connectivity index (χ1) is 18.5. The number of amides is 3. The van der Waals surface area contributed by atoms with Gasteiger partial charge in [-0.15, -0.1) is 0 Å². The van der Waals surface area contributed by atoms with E-state index in [4.69, 9.17) is 14.7 Å². The molecule has 5 rings (SSSR count). The van der Waals surface area contributed by atoms with E-state index in [1.165, 1.54) is 18.4 Å². The molecule has 0 radical (unpaired) electrons. The highest BCUT2D eigenvalue weighted by molar-refractivity contribution is 5.89. The number of hydrogen-bond donors (Lipinski definition) is 3. The molecule has 3 heterocycles. The zero-order chi connectivity index (χ0) is 26.5. The van der Waals surface area contributed by atoms with Crippen LogP contribution in [0.1, 0.15) is 50.8 Å². The molecule has 0 bridgehead atoms. The first-order valence-electron chi connectivity index (χ1n) is 13.9. The van der Waals surface area contributed by atoms with Crippen LogP contribution in [0, 0.1) is 0 Å². The van der Waals surface area contributed by atoms with Crippen molar-refractivity contribution >= 4 is 23.4 Å². The lowest BCUT2D eigenvalue weighted by Gasteiger charge is -2.37. The van der Waals surface area contributed by atoms with E-state index in [0.717, 1.165) is 49.4 Å². The average molecular weight is 522 g/mol. The van der Waals surface area contributed by atoms with Gasteiger partial charge in [0.2, 0.25) is 5.91 Å². The van der Waals surface area contributed by atoms with Crippen molar-refractivity contribution in [2.45, 2.75) is 64.6 Å². The Morgan fingerprint density at radius 2 is 1.89 bits per heavy atom. The lowest BCUT2D eigenvalue weighted by atomic mass is 10.0. The molecule has 1 aliphatic carbocycles. The summed E-state index contributed by atoms with van der Waals surface area (Å²) in [6.07, 6.45) is 5.38. The lowest BCUT2D eigenvalue weighted by Crippen LogP contribution is -2.46. The molecule has 1 saturated heterocycles. The molecular formula is C28H39N7O3. The molecule has 2 aromatic rings. The summed E-state index contributed by atoms with van der Waals surface area (Å²) in [5, 5.41) is 8.78. The van der Waals surface area contributed by atoms with Gasteiger partial charge in [-0.05, 0) is 57.4 Å². The minimum absolute atomic E-state index is 0.104.